The second kappa shape index (κ2) is 7.53. The molecule has 2 amide bonds. The highest BCUT2D eigenvalue weighted by Gasteiger charge is 2.24. The van der Waals surface area contributed by atoms with Gasteiger partial charge in [-0.2, -0.15) is 0 Å². The molecule has 1 aliphatic heterocycles. The first-order valence-electron chi connectivity index (χ1n) is 8.36. The molecular weight excluding hydrogens is 320 g/mol. The van der Waals surface area contributed by atoms with Gasteiger partial charge in [-0.25, -0.2) is 0 Å². The molecule has 1 N–H and O–H groups in total. The molecule has 1 aliphatic rings. The summed E-state index contributed by atoms with van der Waals surface area (Å²) < 4.78 is 10.5. The minimum Gasteiger partial charge on any atom is -0.459 e. The summed E-state index contributed by atoms with van der Waals surface area (Å²) in [4.78, 5) is 26.8. The summed E-state index contributed by atoms with van der Waals surface area (Å²) in [5, 5.41) is 2.80. The monoisotopic (exact) mass is 342 g/mol. The predicted octanol–water partition coefficient (Wildman–Crippen LogP) is 3.09. The van der Waals surface area contributed by atoms with Gasteiger partial charge in [-0.3, -0.25) is 9.59 Å². The maximum atomic E-state index is 12.8. The van der Waals surface area contributed by atoms with E-state index in [2.05, 4.69) is 5.32 Å². The maximum Gasteiger partial charge on any atom is 0.291 e. The number of carbonyl (C=O) groups excluding carboxylic acids is 2. The van der Waals surface area contributed by atoms with Gasteiger partial charge in [-0.1, -0.05) is 6.07 Å². The van der Waals surface area contributed by atoms with E-state index in [1.54, 1.807) is 36.3 Å². The highest BCUT2D eigenvalue weighted by atomic mass is 16.5. The van der Waals surface area contributed by atoms with Crippen LogP contribution >= 0.6 is 0 Å². The molecule has 25 heavy (non-hydrogen) atoms. The first-order chi connectivity index (χ1) is 12.1. The van der Waals surface area contributed by atoms with E-state index in [1.807, 2.05) is 13.0 Å². The highest BCUT2D eigenvalue weighted by Crippen LogP contribution is 2.21. The van der Waals surface area contributed by atoms with Gasteiger partial charge in [0.05, 0.1) is 12.4 Å². The molecule has 0 unspecified atom stereocenters. The standard InChI is InChI=1S/C19H22N2O4/c1-13-7-8-14(19(23)21-9-3-5-15(12-21)24-2)11-16(13)20-18(22)17-6-4-10-25-17/h4,6-8,10-11,15H,3,5,9,12H2,1-2H3,(H,20,22)/t15-/m1/s1. The summed E-state index contributed by atoms with van der Waals surface area (Å²) in [5.41, 5.74) is 2.04. The Kier molecular flexibility index (Phi) is 5.19. The quantitative estimate of drug-likeness (QED) is 0.927. The molecule has 1 aromatic carbocycles. The average molecular weight is 342 g/mol. The van der Waals surface area contributed by atoms with Crippen molar-refractivity contribution >= 4 is 17.5 Å². The molecule has 1 fully saturated rings. The van der Waals surface area contributed by atoms with Crippen LogP contribution < -0.4 is 5.32 Å². The van der Waals surface area contributed by atoms with Crippen molar-refractivity contribution < 1.29 is 18.7 Å². The molecular formula is C19H22N2O4. The third-order valence-electron chi connectivity index (χ3n) is 4.48. The number of ether oxygens (including phenoxy) is 1. The molecule has 0 aliphatic carbocycles. The Balaban J connectivity index is 1.76. The lowest BCUT2D eigenvalue weighted by Crippen LogP contribution is -2.42. The van der Waals surface area contributed by atoms with Crippen molar-refractivity contribution in [3.05, 3.63) is 53.5 Å². The summed E-state index contributed by atoms with van der Waals surface area (Å²) in [7, 11) is 1.67. The summed E-state index contributed by atoms with van der Waals surface area (Å²) in [5.74, 6) is -0.152. The molecule has 0 spiro atoms. The first kappa shape index (κ1) is 17.2. The van der Waals surface area contributed by atoms with Crippen molar-refractivity contribution in [1.29, 1.82) is 0 Å². The predicted molar refractivity (Wildman–Crippen MR) is 93.8 cm³/mol. The van der Waals surface area contributed by atoms with Gasteiger partial charge in [0.15, 0.2) is 5.76 Å². The van der Waals surface area contributed by atoms with Crippen molar-refractivity contribution in [1.82, 2.24) is 4.90 Å². The summed E-state index contributed by atoms with van der Waals surface area (Å²) in [6, 6.07) is 8.59. The second-order valence-corrected chi connectivity index (χ2v) is 6.21. The second-order valence-electron chi connectivity index (χ2n) is 6.21. The lowest BCUT2D eigenvalue weighted by Gasteiger charge is -2.32. The fraction of sp³-hybridized carbons (Fsp3) is 0.368. The van der Waals surface area contributed by atoms with E-state index in [-0.39, 0.29) is 23.7 Å². The molecule has 1 saturated heterocycles. The number of hydrogen-bond donors (Lipinski definition) is 1. The summed E-state index contributed by atoms with van der Waals surface area (Å²) in [6.45, 7) is 3.20. The molecule has 6 heteroatoms. The van der Waals surface area contributed by atoms with Crippen molar-refractivity contribution in [2.45, 2.75) is 25.9 Å². The van der Waals surface area contributed by atoms with E-state index in [1.165, 1.54) is 6.26 Å². The number of piperidine rings is 1. The largest absolute Gasteiger partial charge is 0.459 e. The normalized spacial score (nSPS) is 17.4. The Bertz CT molecular complexity index is 755. The van der Waals surface area contributed by atoms with Crippen molar-refractivity contribution in [2.75, 3.05) is 25.5 Å². The number of benzene rings is 1. The van der Waals surface area contributed by atoms with Crippen LogP contribution in [0.3, 0.4) is 0 Å². The first-order valence-corrected chi connectivity index (χ1v) is 8.36. The van der Waals surface area contributed by atoms with Gasteiger partial charge in [-0.05, 0) is 49.6 Å². The maximum absolute atomic E-state index is 12.8. The van der Waals surface area contributed by atoms with E-state index >= 15 is 0 Å². The van der Waals surface area contributed by atoms with Gasteiger partial charge in [0.2, 0.25) is 0 Å². The van der Waals surface area contributed by atoms with Crippen LogP contribution in [0.1, 0.15) is 39.3 Å². The van der Waals surface area contributed by atoms with Crippen LogP contribution in [0.4, 0.5) is 5.69 Å². The number of carbonyl (C=O) groups is 2. The minimum absolute atomic E-state index is 0.0461. The zero-order chi connectivity index (χ0) is 17.8. The topological polar surface area (TPSA) is 71.8 Å². The Labute approximate surface area is 146 Å². The van der Waals surface area contributed by atoms with Gasteiger partial charge in [0.25, 0.3) is 11.8 Å². The number of rotatable bonds is 4. The zero-order valence-electron chi connectivity index (χ0n) is 14.5. The van der Waals surface area contributed by atoms with Gasteiger partial charge in [0.1, 0.15) is 0 Å². The molecule has 2 heterocycles. The molecule has 6 nitrogen and oxygen atoms in total. The lowest BCUT2D eigenvalue weighted by atomic mass is 10.0. The van der Waals surface area contributed by atoms with Crippen LogP contribution in [0, 0.1) is 6.92 Å². The number of aryl methyl sites for hydroxylation is 1. The number of likely N-dealkylation sites (tertiary alicyclic amines) is 1. The Morgan fingerprint density at radius 3 is 2.88 bits per heavy atom. The molecule has 1 aromatic heterocycles. The van der Waals surface area contributed by atoms with Crippen LogP contribution in [0.15, 0.2) is 41.0 Å². The number of hydrogen-bond acceptors (Lipinski definition) is 4. The van der Waals surface area contributed by atoms with Gasteiger partial charge < -0.3 is 19.4 Å². The number of nitrogens with one attached hydrogen (secondary N) is 1. The minimum atomic E-state index is -0.338. The van der Waals surface area contributed by atoms with Crippen LogP contribution in [0.2, 0.25) is 0 Å². The highest BCUT2D eigenvalue weighted by molar-refractivity contribution is 6.03. The fourth-order valence-corrected chi connectivity index (χ4v) is 2.98. The van der Waals surface area contributed by atoms with Crippen LogP contribution in [-0.4, -0.2) is 43.0 Å². The number of amides is 2. The lowest BCUT2D eigenvalue weighted by molar-refractivity contribution is 0.0269. The number of methoxy groups -OCH3 is 1. The van der Waals surface area contributed by atoms with E-state index in [0.29, 0.717) is 17.8 Å². The molecule has 0 bridgehead atoms. The molecule has 132 valence electrons. The molecule has 1 atom stereocenters. The average Bonchev–Trinajstić information content (AvgIpc) is 3.18. The zero-order valence-corrected chi connectivity index (χ0v) is 14.5. The van der Waals surface area contributed by atoms with E-state index in [9.17, 15) is 9.59 Å². The molecule has 0 radical (unpaired) electrons. The SMILES string of the molecule is CO[C@@H]1CCCN(C(=O)c2ccc(C)c(NC(=O)c3ccco3)c2)C1. The van der Waals surface area contributed by atoms with E-state index in [4.69, 9.17) is 9.15 Å². The van der Waals surface area contributed by atoms with Crippen LogP contribution in [0.5, 0.6) is 0 Å². The molecule has 2 aromatic rings. The van der Waals surface area contributed by atoms with Crippen LogP contribution in [0.25, 0.3) is 0 Å². The Hall–Kier alpha value is -2.60. The van der Waals surface area contributed by atoms with Gasteiger partial charge in [0, 0.05) is 31.5 Å². The summed E-state index contributed by atoms with van der Waals surface area (Å²) in [6.07, 6.45) is 3.43. The van der Waals surface area contributed by atoms with Crippen molar-refractivity contribution in [2.24, 2.45) is 0 Å². The van der Waals surface area contributed by atoms with E-state index in [0.717, 1.165) is 24.9 Å². The van der Waals surface area contributed by atoms with Gasteiger partial charge in [-0.15, -0.1) is 0 Å². The van der Waals surface area contributed by atoms with Gasteiger partial charge >= 0.3 is 0 Å². The number of anilines is 1. The fourth-order valence-electron chi connectivity index (χ4n) is 2.98. The van der Waals surface area contributed by atoms with Crippen molar-refractivity contribution in [3.8, 4) is 0 Å². The van der Waals surface area contributed by atoms with Crippen LogP contribution in [-0.2, 0) is 4.74 Å². The van der Waals surface area contributed by atoms with E-state index < -0.39 is 0 Å². The third-order valence-corrected chi connectivity index (χ3v) is 4.48. The number of nitrogens with zero attached hydrogens (tertiary/aromatic N) is 1. The number of furan rings is 1. The third kappa shape index (κ3) is 3.91. The molecule has 3 rings (SSSR count). The summed E-state index contributed by atoms with van der Waals surface area (Å²) >= 11 is 0. The van der Waals surface area contributed by atoms with Crippen molar-refractivity contribution in [3.63, 3.8) is 0 Å². The Morgan fingerprint density at radius 1 is 1.32 bits per heavy atom. The smallest absolute Gasteiger partial charge is 0.291 e. The Morgan fingerprint density at radius 2 is 2.16 bits per heavy atom. The molecule has 0 saturated carbocycles.